The molecule has 4 nitrogen and oxygen atoms in total. The summed E-state index contributed by atoms with van der Waals surface area (Å²) in [6, 6.07) is 3.69. The van der Waals surface area contributed by atoms with Crippen LogP contribution in [0.1, 0.15) is 11.3 Å². The van der Waals surface area contributed by atoms with Crippen LogP contribution in [0.25, 0.3) is 0 Å². The molecule has 0 bridgehead atoms. The van der Waals surface area contributed by atoms with Crippen molar-refractivity contribution in [3.63, 3.8) is 0 Å². The Balaban J connectivity index is 2.92. The van der Waals surface area contributed by atoms with E-state index in [4.69, 9.17) is 26.3 Å². The van der Waals surface area contributed by atoms with Crippen LogP contribution in [0, 0.1) is 11.3 Å². The maximum absolute atomic E-state index is 8.83. The molecule has 1 aromatic heterocycles. The number of hydrogen-bond donors (Lipinski definition) is 0. The highest BCUT2D eigenvalue weighted by molar-refractivity contribution is 6.30. The molecule has 80 valence electrons. The second-order valence-electron chi connectivity index (χ2n) is 2.88. The van der Waals surface area contributed by atoms with Crippen molar-refractivity contribution in [2.24, 2.45) is 0 Å². The average Bonchev–Trinajstić information content (AvgIpc) is 2.26. The van der Waals surface area contributed by atoms with Crippen molar-refractivity contribution in [1.29, 1.82) is 5.26 Å². The van der Waals surface area contributed by atoms with E-state index in [1.54, 1.807) is 6.07 Å². The minimum absolute atomic E-state index is 0.346. The Morgan fingerprint density at radius 2 is 2.20 bits per heavy atom. The first kappa shape index (κ1) is 11.9. The number of halogens is 1. The third-order valence-corrected chi connectivity index (χ3v) is 2.16. The third kappa shape index (κ3) is 3.17. The number of ether oxygens (including phenoxy) is 2. The molecule has 0 amide bonds. The van der Waals surface area contributed by atoms with E-state index in [-0.39, 0.29) is 0 Å². The van der Waals surface area contributed by atoms with E-state index in [1.807, 2.05) is 6.07 Å². The Morgan fingerprint density at radius 3 is 2.73 bits per heavy atom. The molecule has 0 saturated heterocycles. The highest BCUT2D eigenvalue weighted by Gasteiger charge is 2.11. The molecule has 5 heteroatoms. The number of methoxy groups -OCH3 is 2. The molecule has 0 spiro atoms. The molecule has 0 fully saturated rings. The first-order valence-corrected chi connectivity index (χ1v) is 4.69. The molecule has 0 radical (unpaired) electrons. The van der Waals surface area contributed by atoms with Crippen molar-refractivity contribution in [2.45, 2.75) is 12.7 Å². The van der Waals surface area contributed by atoms with Gasteiger partial charge in [0.2, 0.25) is 0 Å². The minimum Gasteiger partial charge on any atom is -0.356 e. The van der Waals surface area contributed by atoms with Gasteiger partial charge in [-0.15, -0.1) is 0 Å². The quantitative estimate of drug-likeness (QED) is 0.735. The summed E-state index contributed by atoms with van der Waals surface area (Å²) in [4.78, 5) is 3.91. The van der Waals surface area contributed by atoms with Gasteiger partial charge >= 0.3 is 0 Å². The molecule has 1 rings (SSSR count). The molecule has 0 atom stereocenters. The van der Waals surface area contributed by atoms with Crippen molar-refractivity contribution in [2.75, 3.05) is 14.2 Å². The van der Waals surface area contributed by atoms with Gasteiger partial charge in [-0.1, -0.05) is 11.6 Å². The monoisotopic (exact) mass is 226 g/mol. The summed E-state index contributed by atoms with van der Waals surface area (Å²) < 4.78 is 10.1. The van der Waals surface area contributed by atoms with Crippen LogP contribution < -0.4 is 0 Å². The second kappa shape index (κ2) is 5.66. The van der Waals surface area contributed by atoms with E-state index in [0.29, 0.717) is 17.1 Å². The van der Waals surface area contributed by atoms with Gasteiger partial charge in [-0.05, 0) is 11.6 Å². The summed E-state index contributed by atoms with van der Waals surface area (Å²) in [5, 5.41) is 9.33. The normalized spacial score (nSPS) is 10.3. The molecule has 0 aliphatic heterocycles. The van der Waals surface area contributed by atoms with Gasteiger partial charge in [0.05, 0.1) is 5.02 Å². The smallest absolute Gasteiger partial charge is 0.160 e. The van der Waals surface area contributed by atoms with Crippen LogP contribution in [-0.2, 0) is 15.9 Å². The Morgan fingerprint density at radius 1 is 1.53 bits per heavy atom. The SMILES string of the molecule is COC(Cc1cc(Cl)cnc1C#N)OC. The molecule has 15 heavy (non-hydrogen) atoms. The van der Waals surface area contributed by atoms with E-state index >= 15 is 0 Å². The largest absolute Gasteiger partial charge is 0.356 e. The predicted molar refractivity (Wildman–Crippen MR) is 55.5 cm³/mol. The van der Waals surface area contributed by atoms with E-state index in [2.05, 4.69) is 4.98 Å². The zero-order valence-electron chi connectivity index (χ0n) is 8.53. The van der Waals surface area contributed by atoms with Crippen LogP contribution in [0.2, 0.25) is 5.02 Å². The van der Waals surface area contributed by atoms with Gasteiger partial charge in [0.25, 0.3) is 0 Å². The van der Waals surface area contributed by atoms with Crippen LogP contribution in [0.15, 0.2) is 12.3 Å². The molecule has 0 saturated carbocycles. The number of rotatable bonds is 4. The molecular formula is C10H11ClN2O2. The van der Waals surface area contributed by atoms with Gasteiger partial charge in [-0.25, -0.2) is 4.98 Å². The predicted octanol–water partition coefficient (Wildman–Crippen LogP) is 1.77. The lowest BCUT2D eigenvalue weighted by Gasteiger charge is -2.13. The topological polar surface area (TPSA) is 55.1 Å². The number of nitrogens with zero attached hydrogens (tertiary/aromatic N) is 2. The minimum atomic E-state index is -0.391. The highest BCUT2D eigenvalue weighted by atomic mass is 35.5. The number of hydrogen-bond acceptors (Lipinski definition) is 4. The van der Waals surface area contributed by atoms with Gasteiger partial charge in [-0.2, -0.15) is 5.26 Å². The van der Waals surface area contributed by atoms with Crippen molar-refractivity contribution in [3.05, 3.63) is 28.5 Å². The first-order valence-electron chi connectivity index (χ1n) is 4.31. The molecule has 0 aliphatic rings. The third-order valence-electron chi connectivity index (χ3n) is 1.95. The fourth-order valence-electron chi connectivity index (χ4n) is 1.18. The van der Waals surface area contributed by atoms with E-state index in [1.165, 1.54) is 20.4 Å². The lowest BCUT2D eigenvalue weighted by Crippen LogP contribution is -2.17. The Labute approximate surface area is 93.4 Å². The Kier molecular flexibility index (Phi) is 4.50. The summed E-state index contributed by atoms with van der Waals surface area (Å²) in [6.07, 6.45) is 1.50. The van der Waals surface area contributed by atoms with Crippen molar-refractivity contribution < 1.29 is 9.47 Å². The summed E-state index contributed by atoms with van der Waals surface area (Å²) in [5.74, 6) is 0. The van der Waals surface area contributed by atoms with Crippen LogP contribution in [0.4, 0.5) is 0 Å². The zero-order valence-corrected chi connectivity index (χ0v) is 9.28. The van der Waals surface area contributed by atoms with E-state index in [0.717, 1.165) is 5.56 Å². The summed E-state index contributed by atoms with van der Waals surface area (Å²) in [6.45, 7) is 0. The summed E-state index contributed by atoms with van der Waals surface area (Å²) >= 11 is 5.79. The zero-order chi connectivity index (χ0) is 11.3. The number of nitriles is 1. The highest BCUT2D eigenvalue weighted by Crippen LogP contribution is 2.15. The second-order valence-corrected chi connectivity index (χ2v) is 3.31. The standard InChI is InChI=1S/C10H11ClN2O2/c1-14-10(15-2)4-7-3-8(11)6-13-9(7)5-12/h3,6,10H,4H2,1-2H3. The van der Waals surface area contributed by atoms with E-state index < -0.39 is 6.29 Å². The first-order chi connectivity index (χ1) is 7.21. The molecule has 0 unspecified atom stereocenters. The van der Waals surface area contributed by atoms with Crippen molar-refractivity contribution in [3.8, 4) is 6.07 Å². The molecular weight excluding hydrogens is 216 g/mol. The van der Waals surface area contributed by atoms with Crippen molar-refractivity contribution >= 4 is 11.6 Å². The van der Waals surface area contributed by atoms with Gasteiger partial charge in [0, 0.05) is 26.8 Å². The fraction of sp³-hybridized carbons (Fsp3) is 0.400. The molecule has 0 aromatic carbocycles. The van der Waals surface area contributed by atoms with Crippen LogP contribution >= 0.6 is 11.6 Å². The lowest BCUT2D eigenvalue weighted by molar-refractivity contribution is -0.100. The maximum atomic E-state index is 8.83. The average molecular weight is 227 g/mol. The van der Waals surface area contributed by atoms with Gasteiger partial charge in [-0.3, -0.25) is 0 Å². The fourth-order valence-corrected chi connectivity index (χ4v) is 1.36. The summed E-state index contributed by atoms with van der Waals surface area (Å²) in [7, 11) is 3.08. The molecule has 1 heterocycles. The van der Waals surface area contributed by atoms with Gasteiger partial charge < -0.3 is 9.47 Å². The number of aromatic nitrogens is 1. The Hall–Kier alpha value is -1.15. The Bertz CT molecular complexity index is 372. The summed E-state index contributed by atoms with van der Waals surface area (Å²) in [5.41, 5.74) is 1.07. The number of pyridine rings is 1. The van der Waals surface area contributed by atoms with Crippen LogP contribution in [0.3, 0.4) is 0 Å². The van der Waals surface area contributed by atoms with Crippen LogP contribution in [0.5, 0.6) is 0 Å². The lowest BCUT2D eigenvalue weighted by atomic mass is 10.1. The van der Waals surface area contributed by atoms with Gasteiger partial charge in [0.15, 0.2) is 6.29 Å². The van der Waals surface area contributed by atoms with Crippen LogP contribution in [-0.4, -0.2) is 25.5 Å². The van der Waals surface area contributed by atoms with Crippen molar-refractivity contribution in [1.82, 2.24) is 4.98 Å². The van der Waals surface area contributed by atoms with Gasteiger partial charge in [0.1, 0.15) is 11.8 Å². The molecule has 0 aliphatic carbocycles. The maximum Gasteiger partial charge on any atom is 0.160 e. The molecule has 1 aromatic rings. The van der Waals surface area contributed by atoms with E-state index in [9.17, 15) is 0 Å². The molecule has 0 N–H and O–H groups in total.